The van der Waals surface area contributed by atoms with E-state index in [0.717, 1.165) is 25.7 Å². The first kappa shape index (κ1) is 17.2. The minimum Gasteiger partial charge on any atom is -0.494 e. The summed E-state index contributed by atoms with van der Waals surface area (Å²) in [5.74, 6) is 0.293. The number of hydrogen-bond donors (Lipinski definition) is 1. The van der Waals surface area contributed by atoms with Crippen molar-refractivity contribution in [1.82, 2.24) is 5.32 Å². The van der Waals surface area contributed by atoms with Crippen molar-refractivity contribution in [3.05, 3.63) is 34.4 Å². The number of non-ortho nitro benzene ring substituents is 1. The van der Waals surface area contributed by atoms with E-state index in [2.05, 4.69) is 5.32 Å². The Balaban J connectivity index is 1.76. The summed E-state index contributed by atoms with van der Waals surface area (Å²) in [5, 5.41) is 13.5. The molecule has 1 fully saturated rings. The number of nitro benzene ring substituents is 1. The molecule has 1 aliphatic rings. The smallest absolute Gasteiger partial charge is 0.323 e. The Hall–Kier alpha value is -2.15. The first-order valence-electron chi connectivity index (χ1n) is 7.85. The zero-order valence-electron chi connectivity index (χ0n) is 13.2. The molecule has 0 aromatic heterocycles. The van der Waals surface area contributed by atoms with Gasteiger partial charge in [0, 0.05) is 18.6 Å². The third kappa shape index (κ3) is 5.21. The van der Waals surface area contributed by atoms with Crippen LogP contribution in [0.15, 0.2) is 24.3 Å². The second-order valence-electron chi connectivity index (χ2n) is 5.57. The van der Waals surface area contributed by atoms with Crippen molar-refractivity contribution < 1.29 is 19.2 Å². The molecule has 0 aliphatic heterocycles. The Kier molecular flexibility index (Phi) is 6.34. The Labute approximate surface area is 135 Å². The lowest BCUT2D eigenvalue weighted by Crippen LogP contribution is -2.38. The van der Waals surface area contributed by atoms with Crippen LogP contribution in [0.3, 0.4) is 0 Å². The predicted molar refractivity (Wildman–Crippen MR) is 84.4 cm³/mol. The zero-order valence-corrected chi connectivity index (χ0v) is 13.2. The molecule has 0 radical (unpaired) electrons. The lowest BCUT2D eigenvalue weighted by atomic mass is 10.2. The van der Waals surface area contributed by atoms with Gasteiger partial charge >= 0.3 is 5.97 Å². The highest BCUT2D eigenvalue weighted by atomic mass is 16.6. The Morgan fingerprint density at radius 3 is 2.57 bits per heavy atom. The second kappa shape index (κ2) is 8.47. The van der Waals surface area contributed by atoms with E-state index in [1.807, 2.05) is 0 Å². The Bertz CT molecular complexity index is 526. The average molecular weight is 322 g/mol. The molecule has 7 nitrogen and oxygen atoms in total. The number of carbonyl (C=O) groups is 1. The van der Waals surface area contributed by atoms with E-state index in [0.29, 0.717) is 18.8 Å². The summed E-state index contributed by atoms with van der Waals surface area (Å²) >= 11 is 0. The second-order valence-corrected chi connectivity index (χ2v) is 5.57. The van der Waals surface area contributed by atoms with Gasteiger partial charge in [0.25, 0.3) is 5.69 Å². The molecule has 0 heterocycles. The van der Waals surface area contributed by atoms with E-state index < -0.39 is 11.0 Å². The van der Waals surface area contributed by atoms with Crippen molar-refractivity contribution in [3.63, 3.8) is 0 Å². The zero-order chi connectivity index (χ0) is 16.7. The number of rotatable bonds is 8. The predicted octanol–water partition coefficient (Wildman–Crippen LogP) is 2.44. The fraction of sp³-hybridized carbons (Fsp3) is 0.562. The van der Waals surface area contributed by atoms with Crippen LogP contribution in [0.25, 0.3) is 0 Å². The first-order chi connectivity index (χ1) is 11.1. The number of hydrogen-bond acceptors (Lipinski definition) is 6. The maximum Gasteiger partial charge on any atom is 0.323 e. The van der Waals surface area contributed by atoms with Gasteiger partial charge in [-0.15, -0.1) is 0 Å². The van der Waals surface area contributed by atoms with E-state index in [9.17, 15) is 14.9 Å². The van der Waals surface area contributed by atoms with Crippen molar-refractivity contribution in [3.8, 4) is 5.75 Å². The molecule has 0 spiro atoms. The molecule has 1 N–H and O–H groups in total. The van der Waals surface area contributed by atoms with Crippen LogP contribution in [0.5, 0.6) is 5.75 Å². The molecule has 0 saturated heterocycles. The molecule has 2 rings (SSSR count). The molecule has 7 heteroatoms. The standard InChI is InChI=1S/C16H22N2O5/c1-17-15(16(19)23-14-4-2-3-5-14)10-11-22-13-8-6-12(7-9-13)18(20)21/h6-9,14-15,17H,2-5,10-11H2,1H3/t15-/m0/s1. The molecule has 1 atom stereocenters. The summed E-state index contributed by atoms with van der Waals surface area (Å²) in [6, 6.07) is 5.46. The molecule has 1 aromatic rings. The van der Waals surface area contributed by atoms with Gasteiger partial charge in [-0.05, 0) is 44.9 Å². The van der Waals surface area contributed by atoms with Gasteiger partial charge in [-0.25, -0.2) is 0 Å². The normalized spacial score (nSPS) is 16.0. The molecule has 0 bridgehead atoms. The molecular weight excluding hydrogens is 300 g/mol. The van der Waals surface area contributed by atoms with Gasteiger partial charge in [-0.1, -0.05) is 0 Å². The summed E-state index contributed by atoms with van der Waals surface area (Å²) in [6.07, 6.45) is 4.65. The number of nitrogens with one attached hydrogen (secondary N) is 1. The van der Waals surface area contributed by atoms with E-state index in [1.165, 1.54) is 12.1 Å². The number of nitro groups is 1. The van der Waals surface area contributed by atoms with Crippen LogP contribution in [0, 0.1) is 10.1 Å². The van der Waals surface area contributed by atoms with Gasteiger partial charge in [0.05, 0.1) is 11.5 Å². The third-order valence-electron chi connectivity index (χ3n) is 3.94. The van der Waals surface area contributed by atoms with E-state index in [1.54, 1.807) is 19.2 Å². The summed E-state index contributed by atoms with van der Waals surface area (Å²) in [5.41, 5.74) is 0.0191. The van der Waals surface area contributed by atoms with Crippen LogP contribution >= 0.6 is 0 Å². The Morgan fingerprint density at radius 2 is 2.00 bits per heavy atom. The van der Waals surface area contributed by atoms with Crippen LogP contribution in [-0.2, 0) is 9.53 Å². The van der Waals surface area contributed by atoms with Gasteiger partial charge in [-0.2, -0.15) is 0 Å². The molecule has 23 heavy (non-hydrogen) atoms. The van der Waals surface area contributed by atoms with Crippen molar-refractivity contribution in [2.45, 2.75) is 44.2 Å². The number of nitrogens with zero attached hydrogens (tertiary/aromatic N) is 1. The minimum atomic E-state index is -0.458. The lowest BCUT2D eigenvalue weighted by Gasteiger charge is -2.18. The van der Waals surface area contributed by atoms with Gasteiger partial charge in [0.15, 0.2) is 0 Å². The van der Waals surface area contributed by atoms with Crippen LogP contribution < -0.4 is 10.1 Å². The van der Waals surface area contributed by atoms with Crippen molar-refractivity contribution in [2.75, 3.05) is 13.7 Å². The van der Waals surface area contributed by atoms with E-state index >= 15 is 0 Å². The largest absolute Gasteiger partial charge is 0.494 e. The highest BCUT2D eigenvalue weighted by molar-refractivity contribution is 5.75. The molecular formula is C16H22N2O5. The van der Waals surface area contributed by atoms with E-state index in [4.69, 9.17) is 9.47 Å². The summed E-state index contributed by atoms with van der Waals surface area (Å²) in [4.78, 5) is 22.2. The van der Waals surface area contributed by atoms with Gasteiger partial charge in [0.2, 0.25) is 0 Å². The average Bonchev–Trinajstić information content (AvgIpc) is 3.04. The van der Waals surface area contributed by atoms with E-state index in [-0.39, 0.29) is 17.8 Å². The van der Waals surface area contributed by atoms with Crippen molar-refractivity contribution in [2.24, 2.45) is 0 Å². The van der Waals surface area contributed by atoms with Gasteiger partial charge < -0.3 is 14.8 Å². The van der Waals surface area contributed by atoms with Gasteiger partial charge in [0.1, 0.15) is 17.9 Å². The molecule has 1 aromatic carbocycles. The Morgan fingerprint density at radius 1 is 1.35 bits per heavy atom. The fourth-order valence-corrected chi connectivity index (χ4v) is 2.59. The van der Waals surface area contributed by atoms with Crippen molar-refractivity contribution in [1.29, 1.82) is 0 Å². The lowest BCUT2D eigenvalue weighted by molar-refractivity contribution is -0.384. The summed E-state index contributed by atoms with van der Waals surface area (Å²) in [6.45, 7) is 0.323. The summed E-state index contributed by atoms with van der Waals surface area (Å²) < 4.78 is 11.0. The number of esters is 1. The molecule has 1 saturated carbocycles. The SMILES string of the molecule is CN[C@@H](CCOc1ccc([N+](=O)[O-])cc1)C(=O)OC1CCCC1. The van der Waals surface area contributed by atoms with Crippen LogP contribution in [0.2, 0.25) is 0 Å². The quantitative estimate of drug-likeness (QED) is 0.449. The summed E-state index contributed by atoms with van der Waals surface area (Å²) in [7, 11) is 1.71. The third-order valence-corrected chi connectivity index (χ3v) is 3.94. The minimum absolute atomic E-state index is 0.0191. The van der Waals surface area contributed by atoms with Crippen LogP contribution in [0.1, 0.15) is 32.1 Å². The maximum atomic E-state index is 12.1. The molecule has 0 unspecified atom stereocenters. The highest BCUT2D eigenvalue weighted by Crippen LogP contribution is 2.22. The number of ether oxygens (including phenoxy) is 2. The number of benzene rings is 1. The fourth-order valence-electron chi connectivity index (χ4n) is 2.59. The highest BCUT2D eigenvalue weighted by Gasteiger charge is 2.24. The molecule has 0 amide bonds. The van der Waals surface area contributed by atoms with Crippen LogP contribution in [-0.4, -0.2) is 36.7 Å². The molecule has 1 aliphatic carbocycles. The number of likely N-dealkylation sites (N-methyl/N-ethyl adjacent to an activating group) is 1. The molecule has 126 valence electrons. The van der Waals surface area contributed by atoms with Gasteiger partial charge in [-0.3, -0.25) is 14.9 Å². The maximum absolute atomic E-state index is 12.1. The van der Waals surface area contributed by atoms with Crippen LogP contribution in [0.4, 0.5) is 5.69 Å². The van der Waals surface area contributed by atoms with Crippen molar-refractivity contribution >= 4 is 11.7 Å². The monoisotopic (exact) mass is 322 g/mol. The first-order valence-corrected chi connectivity index (χ1v) is 7.85. The topological polar surface area (TPSA) is 90.7 Å². The number of carbonyl (C=O) groups excluding carboxylic acids is 1.